The number of hydrogen-bond acceptors (Lipinski definition) is 5. The smallest absolute Gasteiger partial charge is 0.260 e. The number of hydrogen-bond donors (Lipinski definition) is 1. The van der Waals surface area contributed by atoms with Crippen molar-refractivity contribution in [2.45, 2.75) is 43.0 Å². The molecule has 1 aliphatic rings. The Kier molecular flexibility index (Phi) is 4.27. The van der Waals surface area contributed by atoms with Gasteiger partial charge in [0.1, 0.15) is 4.83 Å². The quantitative estimate of drug-likeness (QED) is 0.690. The summed E-state index contributed by atoms with van der Waals surface area (Å²) in [7, 11) is 3.46. The van der Waals surface area contributed by atoms with Crippen LogP contribution in [0, 0.1) is 0 Å². The minimum Gasteiger partial charge on any atom is -0.348 e. The van der Waals surface area contributed by atoms with E-state index in [-0.39, 0.29) is 16.7 Å². The minimum absolute atomic E-state index is 0.0122. The molecule has 2 aromatic rings. The highest BCUT2D eigenvalue weighted by molar-refractivity contribution is 8.00. The number of carbonyl (C=O) groups is 1. The van der Waals surface area contributed by atoms with E-state index in [0.717, 1.165) is 29.5 Å². The third-order valence-corrected chi connectivity index (χ3v) is 6.04. The van der Waals surface area contributed by atoms with Crippen molar-refractivity contribution in [2.24, 2.45) is 0 Å². The number of aryl methyl sites for hydroxylation is 2. The summed E-state index contributed by atoms with van der Waals surface area (Å²) >= 11 is 2.93. The van der Waals surface area contributed by atoms with Gasteiger partial charge < -0.3 is 9.88 Å². The molecule has 0 fully saturated rings. The molecule has 7 heteroatoms. The molecular weight excluding hydrogens is 318 g/mol. The van der Waals surface area contributed by atoms with Crippen LogP contribution in [0.25, 0.3) is 10.2 Å². The number of H-pyrrole nitrogens is 1. The average molecular weight is 337 g/mol. The average Bonchev–Trinajstić information content (AvgIpc) is 2.84. The molecule has 0 unspecified atom stereocenters. The number of carbonyl (C=O) groups excluding carboxylic acids is 1. The molecule has 5 nitrogen and oxygen atoms in total. The second-order valence-electron chi connectivity index (χ2n) is 5.75. The summed E-state index contributed by atoms with van der Waals surface area (Å²) in [5, 5.41) is 1.01. The van der Waals surface area contributed by atoms with Crippen LogP contribution in [0.3, 0.4) is 0 Å². The highest BCUT2D eigenvalue weighted by Crippen LogP contribution is 2.34. The largest absolute Gasteiger partial charge is 0.348 e. The van der Waals surface area contributed by atoms with Gasteiger partial charge in [0.25, 0.3) is 5.56 Å². The molecule has 0 aliphatic heterocycles. The highest BCUT2D eigenvalue weighted by Gasteiger charge is 2.22. The highest BCUT2D eigenvalue weighted by atomic mass is 32.2. The predicted molar refractivity (Wildman–Crippen MR) is 90.9 cm³/mol. The molecule has 1 N–H and O–H groups in total. The summed E-state index contributed by atoms with van der Waals surface area (Å²) in [4.78, 5) is 35.5. The number of thioether (sulfide) groups is 1. The number of nitrogens with zero attached hydrogens (tertiary/aromatic N) is 2. The van der Waals surface area contributed by atoms with Crippen LogP contribution in [0.4, 0.5) is 0 Å². The molecule has 1 atom stereocenters. The van der Waals surface area contributed by atoms with Gasteiger partial charge in [0.2, 0.25) is 5.91 Å². The zero-order chi connectivity index (χ0) is 15.9. The van der Waals surface area contributed by atoms with Gasteiger partial charge >= 0.3 is 0 Å². The van der Waals surface area contributed by atoms with E-state index in [1.807, 2.05) is 6.92 Å². The fraction of sp³-hybridized carbons (Fsp3) is 0.533. The number of thiophene rings is 1. The molecular formula is C15H19N3O2S2. The van der Waals surface area contributed by atoms with Crippen LogP contribution < -0.4 is 5.56 Å². The number of fused-ring (bicyclic) bond motifs is 3. The Bertz CT molecular complexity index is 779. The maximum atomic E-state index is 12.4. The Hall–Kier alpha value is -1.34. The summed E-state index contributed by atoms with van der Waals surface area (Å²) in [6.45, 7) is 1.83. The third kappa shape index (κ3) is 2.79. The van der Waals surface area contributed by atoms with E-state index < -0.39 is 0 Å². The van der Waals surface area contributed by atoms with Crippen LogP contribution in [0.15, 0.2) is 9.95 Å². The van der Waals surface area contributed by atoms with Gasteiger partial charge in [0.05, 0.1) is 10.6 Å². The molecule has 1 amide bonds. The molecule has 0 aromatic carbocycles. The van der Waals surface area contributed by atoms with Gasteiger partial charge in [-0.05, 0) is 38.2 Å². The lowest BCUT2D eigenvalue weighted by molar-refractivity contribution is -0.127. The van der Waals surface area contributed by atoms with Gasteiger partial charge in [0.15, 0.2) is 5.16 Å². The molecule has 2 heterocycles. The zero-order valence-electron chi connectivity index (χ0n) is 12.9. The van der Waals surface area contributed by atoms with E-state index in [0.29, 0.717) is 5.16 Å². The van der Waals surface area contributed by atoms with Crippen molar-refractivity contribution in [2.75, 3.05) is 14.1 Å². The van der Waals surface area contributed by atoms with Gasteiger partial charge in [0, 0.05) is 19.0 Å². The molecule has 118 valence electrons. The molecule has 0 saturated carbocycles. The number of amides is 1. The Morgan fingerprint density at radius 1 is 1.36 bits per heavy atom. The summed E-state index contributed by atoms with van der Waals surface area (Å²) < 4.78 is 0. The van der Waals surface area contributed by atoms with Crippen molar-refractivity contribution >= 4 is 39.2 Å². The molecule has 22 heavy (non-hydrogen) atoms. The van der Waals surface area contributed by atoms with Crippen molar-refractivity contribution in [3.63, 3.8) is 0 Å². The van der Waals surface area contributed by atoms with Gasteiger partial charge in [-0.1, -0.05) is 11.8 Å². The normalized spacial score (nSPS) is 15.6. The maximum absolute atomic E-state index is 12.4. The zero-order valence-corrected chi connectivity index (χ0v) is 14.6. The lowest BCUT2D eigenvalue weighted by Crippen LogP contribution is -2.30. The molecule has 0 spiro atoms. The van der Waals surface area contributed by atoms with Crippen LogP contribution in [0.2, 0.25) is 0 Å². The number of aromatic nitrogens is 2. The fourth-order valence-electron chi connectivity index (χ4n) is 2.78. The second-order valence-corrected chi connectivity index (χ2v) is 8.17. The number of aromatic amines is 1. The second kappa shape index (κ2) is 6.04. The van der Waals surface area contributed by atoms with Crippen LogP contribution in [0.1, 0.15) is 30.2 Å². The van der Waals surface area contributed by atoms with Gasteiger partial charge in [-0.2, -0.15) is 0 Å². The van der Waals surface area contributed by atoms with Crippen LogP contribution in [-0.2, 0) is 17.6 Å². The summed E-state index contributed by atoms with van der Waals surface area (Å²) in [5.41, 5.74) is 1.12. The minimum atomic E-state index is -0.273. The van der Waals surface area contributed by atoms with Gasteiger partial charge in [-0.3, -0.25) is 9.59 Å². The summed E-state index contributed by atoms with van der Waals surface area (Å²) in [6.07, 6.45) is 4.35. The van der Waals surface area contributed by atoms with E-state index in [9.17, 15) is 9.59 Å². The van der Waals surface area contributed by atoms with Gasteiger partial charge in [-0.25, -0.2) is 4.98 Å². The lowest BCUT2D eigenvalue weighted by atomic mass is 9.97. The first-order valence-corrected chi connectivity index (χ1v) is 9.09. The van der Waals surface area contributed by atoms with E-state index in [1.54, 1.807) is 30.3 Å². The summed E-state index contributed by atoms with van der Waals surface area (Å²) in [6, 6.07) is 0. The van der Waals surface area contributed by atoms with Crippen molar-refractivity contribution in [3.05, 3.63) is 20.8 Å². The first-order valence-electron chi connectivity index (χ1n) is 7.39. The van der Waals surface area contributed by atoms with Crippen molar-refractivity contribution < 1.29 is 4.79 Å². The van der Waals surface area contributed by atoms with Crippen molar-refractivity contribution in [1.82, 2.24) is 14.9 Å². The maximum Gasteiger partial charge on any atom is 0.260 e. The van der Waals surface area contributed by atoms with Crippen molar-refractivity contribution in [1.29, 1.82) is 0 Å². The van der Waals surface area contributed by atoms with E-state index in [2.05, 4.69) is 9.97 Å². The standard InChI is InChI=1S/C15H19N3O2S2/c1-8(14(20)18(2)3)21-15-16-12(19)11-9-6-4-5-7-10(9)22-13(11)17-15/h8H,4-7H2,1-3H3,(H,16,17,19)/t8-/m1/s1. The molecule has 3 rings (SSSR count). The SMILES string of the molecule is C[C@@H](Sc1nc2sc3c(c2c(=O)[nH]1)CCCC3)C(=O)N(C)C. The van der Waals surface area contributed by atoms with E-state index in [1.165, 1.54) is 28.6 Å². The predicted octanol–water partition coefficient (Wildman–Crippen LogP) is 2.43. The molecule has 0 bridgehead atoms. The Morgan fingerprint density at radius 2 is 2.09 bits per heavy atom. The van der Waals surface area contributed by atoms with E-state index in [4.69, 9.17) is 0 Å². The van der Waals surface area contributed by atoms with Crippen LogP contribution >= 0.6 is 23.1 Å². The lowest BCUT2D eigenvalue weighted by Gasteiger charge is -2.15. The first kappa shape index (κ1) is 15.6. The Labute approximate surface area is 137 Å². The summed E-state index contributed by atoms with van der Waals surface area (Å²) in [5.74, 6) is 0.0122. The molecule has 0 saturated heterocycles. The van der Waals surface area contributed by atoms with Gasteiger partial charge in [-0.15, -0.1) is 11.3 Å². The van der Waals surface area contributed by atoms with Crippen LogP contribution in [0.5, 0.6) is 0 Å². The Balaban J connectivity index is 1.96. The third-order valence-electron chi connectivity index (χ3n) is 3.88. The molecule has 2 aromatic heterocycles. The molecule has 0 radical (unpaired) electrons. The van der Waals surface area contributed by atoms with Crippen LogP contribution in [-0.4, -0.2) is 40.1 Å². The number of nitrogens with one attached hydrogen (secondary N) is 1. The first-order chi connectivity index (χ1) is 10.5. The fourth-order valence-corrected chi connectivity index (χ4v) is 5.04. The monoisotopic (exact) mass is 337 g/mol. The molecule has 1 aliphatic carbocycles. The van der Waals surface area contributed by atoms with E-state index >= 15 is 0 Å². The van der Waals surface area contributed by atoms with Crippen molar-refractivity contribution in [3.8, 4) is 0 Å². The number of rotatable bonds is 3. The topological polar surface area (TPSA) is 66.1 Å². The Morgan fingerprint density at radius 3 is 2.82 bits per heavy atom.